The molecule has 0 aromatic rings. The van der Waals surface area contributed by atoms with Crippen molar-refractivity contribution in [1.29, 1.82) is 0 Å². The Morgan fingerprint density at radius 1 is 1.36 bits per heavy atom. The normalized spacial score (nSPS) is 11.9. The molecule has 3 heteroatoms. The van der Waals surface area contributed by atoms with E-state index in [1.54, 1.807) is 0 Å². The van der Waals surface area contributed by atoms with E-state index in [0.717, 1.165) is 19.4 Å². The van der Waals surface area contributed by atoms with Crippen molar-refractivity contribution in [3.63, 3.8) is 0 Å². The van der Waals surface area contributed by atoms with Gasteiger partial charge in [0.25, 0.3) is 0 Å². The van der Waals surface area contributed by atoms with Gasteiger partial charge in [0, 0.05) is 0 Å². The average Bonchev–Trinajstić information content (AvgIpc) is 1.96. The Hall–Kier alpha value is -0.570. The zero-order valence-corrected chi connectivity index (χ0v) is 10.1. The minimum absolute atomic E-state index is 0.142. The molecule has 0 aliphatic rings. The summed E-state index contributed by atoms with van der Waals surface area (Å²) in [6, 6.07) is 0. The Bertz CT molecular complexity index is 173. The fourth-order valence-electron chi connectivity index (χ4n) is 1.10. The maximum absolute atomic E-state index is 11.4. The molecule has 0 spiro atoms. The van der Waals surface area contributed by atoms with E-state index in [1.165, 1.54) is 0 Å². The Balaban J connectivity index is 3.71. The topological polar surface area (TPSA) is 29.5 Å². The van der Waals surface area contributed by atoms with Crippen LogP contribution in [0, 0.1) is 0 Å². The van der Waals surface area contributed by atoms with Crippen LogP contribution < -0.4 is 0 Å². The molecule has 0 heterocycles. The zero-order chi connectivity index (χ0) is 11.2. The number of likely N-dealkylation sites (N-methyl/N-ethyl adjacent to an activating group) is 1. The highest BCUT2D eigenvalue weighted by atomic mass is 16.6. The largest absolute Gasteiger partial charge is 0.459 e. The molecule has 84 valence electrons. The van der Waals surface area contributed by atoms with Gasteiger partial charge in [-0.05, 0) is 40.8 Å². The number of unbranched alkanes of at least 4 members (excludes halogenated alkanes) is 1. The van der Waals surface area contributed by atoms with Gasteiger partial charge in [0.1, 0.15) is 5.60 Å². The molecule has 0 N–H and O–H groups in total. The third-order valence-electron chi connectivity index (χ3n) is 1.71. The third kappa shape index (κ3) is 8.05. The first kappa shape index (κ1) is 13.4. The van der Waals surface area contributed by atoms with Crippen LogP contribution in [0.5, 0.6) is 0 Å². The fourth-order valence-corrected chi connectivity index (χ4v) is 1.10. The number of nitrogens with zero attached hydrogens (tertiary/aromatic N) is 1. The lowest BCUT2D eigenvalue weighted by Gasteiger charge is -2.22. The maximum Gasteiger partial charge on any atom is 0.320 e. The van der Waals surface area contributed by atoms with Crippen LogP contribution >= 0.6 is 0 Å². The maximum atomic E-state index is 11.4. The highest BCUT2D eigenvalue weighted by molar-refractivity contribution is 5.72. The Morgan fingerprint density at radius 2 is 1.93 bits per heavy atom. The molecular weight excluding hydrogens is 178 g/mol. The number of ether oxygens (including phenoxy) is 1. The lowest BCUT2D eigenvalue weighted by Crippen LogP contribution is -2.33. The third-order valence-corrected chi connectivity index (χ3v) is 1.71. The van der Waals surface area contributed by atoms with Crippen LogP contribution in [0.25, 0.3) is 0 Å². The average molecular weight is 201 g/mol. The lowest BCUT2D eigenvalue weighted by molar-refractivity contribution is -0.155. The molecule has 0 aromatic carbocycles. The first-order chi connectivity index (χ1) is 6.35. The molecule has 0 aliphatic carbocycles. The van der Waals surface area contributed by atoms with Crippen LogP contribution in [0.3, 0.4) is 0 Å². The number of carbonyl (C=O) groups is 1. The predicted octanol–water partition coefficient (Wildman–Crippen LogP) is 2.06. The number of hydrogen-bond acceptors (Lipinski definition) is 3. The Kier molecular flexibility index (Phi) is 5.77. The van der Waals surface area contributed by atoms with Gasteiger partial charge < -0.3 is 4.74 Å². The van der Waals surface area contributed by atoms with Gasteiger partial charge in [0.05, 0.1) is 6.54 Å². The summed E-state index contributed by atoms with van der Waals surface area (Å²) in [5.74, 6) is -0.142. The van der Waals surface area contributed by atoms with Gasteiger partial charge in [-0.2, -0.15) is 0 Å². The minimum atomic E-state index is -0.372. The molecule has 3 nitrogen and oxygen atoms in total. The second kappa shape index (κ2) is 6.02. The van der Waals surface area contributed by atoms with E-state index in [0.29, 0.717) is 6.54 Å². The van der Waals surface area contributed by atoms with Crippen molar-refractivity contribution in [2.24, 2.45) is 0 Å². The molecule has 0 aromatic heterocycles. The van der Waals surface area contributed by atoms with Gasteiger partial charge in [0.2, 0.25) is 0 Å². The second-order valence-corrected chi connectivity index (χ2v) is 4.68. The number of rotatable bonds is 5. The summed E-state index contributed by atoms with van der Waals surface area (Å²) < 4.78 is 5.21. The van der Waals surface area contributed by atoms with Crippen molar-refractivity contribution in [3.8, 4) is 0 Å². The molecule has 0 aliphatic heterocycles. The summed E-state index contributed by atoms with van der Waals surface area (Å²) in [6.07, 6.45) is 2.28. The molecule has 0 atom stereocenters. The molecule has 0 unspecified atom stereocenters. The highest BCUT2D eigenvalue weighted by Crippen LogP contribution is 2.07. The Morgan fingerprint density at radius 3 is 2.36 bits per heavy atom. The van der Waals surface area contributed by atoms with E-state index in [1.807, 2.05) is 32.7 Å². The summed E-state index contributed by atoms with van der Waals surface area (Å²) in [6.45, 7) is 9.14. The van der Waals surface area contributed by atoms with Gasteiger partial charge in [-0.1, -0.05) is 13.3 Å². The van der Waals surface area contributed by atoms with Crippen molar-refractivity contribution in [2.75, 3.05) is 20.1 Å². The summed E-state index contributed by atoms with van der Waals surface area (Å²) in [7, 11) is 1.94. The number of hydrogen-bond donors (Lipinski definition) is 0. The van der Waals surface area contributed by atoms with E-state index in [9.17, 15) is 4.79 Å². The Labute approximate surface area is 87.4 Å². The van der Waals surface area contributed by atoms with Crippen molar-refractivity contribution < 1.29 is 9.53 Å². The quantitative estimate of drug-likeness (QED) is 0.638. The van der Waals surface area contributed by atoms with Gasteiger partial charge in [-0.25, -0.2) is 0 Å². The highest BCUT2D eigenvalue weighted by Gasteiger charge is 2.16. The predicted molar refractivity (Wildman–Crippen MR) is 58.3 cm³/mol. The first-order valence-electron chi connectivity index (χ1n) is 5.25. The van der Waals surface area contributed by atoms with Gasteiger partial charge in [-0.15, -0.1) is 0 Å². The van der Waals surface area contributed by atoms with Crippen molar-refractivity contribution in [3.05, 3.63) is 0 Å². The summed E-state index contributed by atoms with van der Waals surface area (Å²) in [4.78, 5) is 13.4. The smallest absolute Gasteiger partial charge is 0.320 e. The van der Waals surface area contributed by atoms with Crippen LogP contribution in [0.15, 0.2) is 0 Å². The van der Waals surface area contributed by atoms with Crippen molar-refractivity contribution in [1.82, 2.24) is 4.90 Å². The van der Waals surface area contributed by atoms with E-state index in [4.69, 9.17) is 4.74 Å². The monoisotopic (exact) mass is 201 g/mol. The van der Waals surface area contributed by atoms with Crippen molar-refractivity contribution in [2.45, 2.75) is 46.1 Å². The zero-order valence-electron chi connectivity index (χ0n) is 10.1. The SMILES string of the molecule is CCCCN(C)CC(=O)OC(C)(C)C. The van der Waals surface area contributed by atoms with E-state index in [2.05, 4.69) is 6.92 Å². The van der Waals surface area contributed by atoms with E-state index < -0.39 is 0 Å². The molecule has 0 fully saturated rings. The van der Waals surface area contributed by atoms with Crippen LogP contribution in [0.1, 0.15) is 40.5 Å². The molecule has 0 radical (unpaired) electrons. The van der Waals surface area contributed by atoms with Crippen LogP contribution in [-0.2, 0) is 9.53 Å². The van der Waals surface area contributed by atoms with Crippen LogP contribution in [-0.4, -0.2) is 36.6 Å². The van der Waals surface area contributed by atoms with Crippen LogP contribution in [0.2, 0.25) is 0 Å². The molecule has 14 heavy (non-hydrogen) atoms. The number of esters is 1. The van der Waals surface area contributed by atoms with Gasteiger partial charge in [-0.3, -0.25) is 9.69 Å². The summed E-state index contributed by atoms with van der Waals surface area (Å²) >= 11 is 0. The fraction of sp³-hybridized carbons (Fsp3) is 0.909. The van der Waals surface area contributed by atoms with Crippen LogP contribution in [0.4, 0.5) is 0 Å². The van der Waals surface area contributed by atoms with Gasteiger partial charge in [0.15, 0.2) is 0 Å². The first-order valence-corrected chi connectivity index (χ1v) is 5.25. The lowest BCUT2D eigenvalue weighted by atomic mass is 10.2. The second-order valence-electron chi connectivity index (χ2n) is 4.68. The molecule has 0 bridgehead atoms. The molecule has 0 saturated heterocycles. The standard InChI is InChI=1S/C11H23NO2/c1-6-7-8-12(5)9-10(13)14-11(2,3)4/h6-9H2,1-5H3. The molecule has 0 saturated carbocycles. The molecule has 0 amide bonds. The minimum Gasteiger partial charge on any atom is -0.459 e. The van der Waals surface area contributed by atoms with Crippen molar-refractivity contribution >= 4 is 5.97 Å². The summed E-state index contributed by atoms with van der Waals surface area (Å²) in [5, 5.41) is 0. The number of carbonyl (C=O) groups excluding carboxylic acids is 1. The molecular formula is C11H23NO2. The van der Waals surface area contributed by atoms with E-state index >= 15 is 0 Å². The summed E-state index contributed by atoms with van der Waals surface area (Å²) in [5.41, 5.74) is -0.372. The molecule has 0 rings (SSSR count). The van der Waals surface area contributed by atoms with E-state index in [-0.39, 0.29) is 11.6 Å². The van der Waals surface area contributed by atoms with Gasteiger partial charge >= 0.3 is 5.97 Å².